The summed E-state index contributed by atoms with van der Waals surface area (Å²) in [6, 6.07) is 8.89. The molecule has 0 saturated carbocycles. The summed E-state index contributed by atoms with van der Waals surface area (Å²) in [5, 5.41) is 2.58. The first-order chi connectivity index (χ1) is 8.78. The van der Waals surface area contributed by atoms with Gasteiger partial charge in [0.1, 0.15) is 0 Å². The van der Waals surface area contributed by atoms with E-state index in [2.05, 4.69) is 21.3 Å². The van der Waals surface area contributed by atoms with Gasteiger partial charge in [-0.25, -0.2) is 0 Å². The number of alkyl carbamates (subject to hydrolysis) is 1. The molecule has 4 nitrogen and oxygen atoms in total. The van der Waals surface area contributed by atoms with Crippen LogP contribution in [0.4, 0.5) is 4.79 Å². The zero-order valence-corrected chi connectivity index (χ0v) is 13.0. The third-order valence-electron chi connectivity index (χ3n) is 2.26. The fraction of sp³-hybridized carbons (Fsp3) is 0.429. The van der Waals surface area contributed by atoms with Gasteiger partial charge in [-0.05, 0) is 0 Å². The Bertz CT molecular complexity index is 440. The van der Waals surface area contributed by atoms with Crippen LogP contribution < -0.4 is 5.32 Å². The summed E-state index contributed by atoms with van der Waals surface area (Å²) < 4.78 is 4.93. The zero-order valence-electron chi connectivity index (χ0n) is 11.3. The fourth-order valence-electron chi connectivity index (χ4n) is 1.49. The molecule has 1 amide bonds. The molecule has 1 radical (unpaired) electrons. The number of ether oxygens (including phenoxy) is 1. The molecule has 0 aromatic heterocycles. The minimum atomic E-state index is -0.614. The third-order valence-corrected chi connectivity index (χ3v) is 2.86. The Morgan fingerprint density at radius 2 is 1.84 bits per heavy atom. The van der Waals surface area contributed by atoms with Crippen molar-refractivity contribution in [3.63, 3.8) is 0 Å². The van der Waals surface area contributed by atoms with Crippen molar-refractivity contribution in [1.82, 2.24) is 5.32 Å². The van der Waals surface area contributed by atoms with Crippen LogP contribution in [0.25, 0.3) is 0 Å². The first-order valence-electron chi connectivity index (χ1n) is 6.02. The van der Waals surface area contributed by atoms with Crippen molar-refractivity contribution in [2.75, 3.05) is 0 Å². The van der Waals surface area contributed by atoms with E-state index in [0.29, 0.717) is 6.42 Å². The van der Waals surface area contributed by atoms with Crippen LogP contribution in [0.2, 0.25) is 0 Å². The SMILES string of the molecule is CC(C)(C)OC(=O)N[C@H](Cc1ccccc1)C(=O)[Se]. The van der Waals surface area contributed by atoms with Crippen LogP contribution in [0.5, 0.6) is 0 Å². The maximum absolute atomic E-state index is 11.7. The Hall–Kier alpha value is -1.32. The van der Waals surface area contributed by atoms with Crippen molar-refractivity contribution in [2.24, 2.45) is 0 Å². The normalized spacial score (nSPS) is 12.6. The van der Waals surface area contributed by atoms with Gasteiger partial charge in [0.05, 0.1) is 0 Å². The molecule has 0 bridgehead atoms. The average Bonchev–Trinajstić information content (AvgIpc) is 2.26. The first kappa shape index (κ1) is 15.7. The standard InChI is InChI=1S/C14H18NO3Se/c1-14(2,3)18-13(17)15-11(12(16)19)9-10-7-5-4-6-8-10/h4-8,11H,9H2,1-3H3,(H,15,17)/t11-/m1/s1. The van der Waals surface area contributed by atoms with Gasteiger partial charge in [-0.15, -0.1) is 0 Å². The van der Waals surface area contributed by atoms with E-state index < -0.39 is 17.7 Å². The van der Waals surface area contributed by atoms with E-state index in [-0.39, 0.29) is 4.68 Å². The van der Waals surface area contributed by atoms with E-state index in [1.165, 1.54) is 0 Å². The summed E-state index contributed by atoms with van der Waals surface area (Å²) in [6.45, 7) is 5.33. The van der Waals surface area contributed by atoms with Crippen molar-refractivity contribution in [2.45, 2.75) is 38.8 Å². The molecule has 0 aliphatic rings. The molecule has 0 spiro atoms. The van der Waals surface area contributed by atoms with Gasteiger partial charge in [-0.2, -0.15) is 0 Å². The zero-order chi connectivity index (χ0) is 14.5. The van der Waals surface area contributed by atoms with Crippen LogP contribution in [0.3, 0.4) is 0 Å². The molecular weight excluding hydrogens is 309 g/mol. The van der Waals surface area contributed by atoms with Crippen LogP contribution in [-0.2, 0) is 16.0 Å². The van der Waals surface area contributed by atoms with Gasteiger partial charge in [0.2, 0.25) is 0 Å². The molecule has 0 fully saturated rings. The van der Waals surface area contributed by atoms with Gasteiger partial charge in [-0.3, -0.25) is 0 Å². The quantitative estimate of drug-likeness (QED) is 0.858. The molecule has 0 aliphatic carbocycles. The molecular formula is C14H18NO3Se. The molecule has 19 heavy (non-hydrogen) atoms. The number of hydrogen-bond acceptors (Lipinski definition) is 3. The summed E-state index contributed by atoms with van der Waals surface area (Å²) in [5.74, 6) is 0. The number of nitrogens with one attached hydrogen (secondary N) is 1. The Morgan fingerprint density at radius 1 is 1.26 bits per heavy atom. The predicted molar refractivity (Wildman–Crippen MR) is 74.1 cm³/mol. The number of benzene rings is 1. The van der Waals surface area contributed by atoms with E-state index >= 15 is 0 Å². The predicted octanol–water partition coefficient (Wildman–Crippen LogP) is 1.82. The van der Waals surface area contributed by atoms with Crippen molar-refractivity contribution in [1.29, 1.82) is 0 Å². The average molecular weight is 327 g/mol. The first-order valence-corrected chi connectivity index (χ1v) is 6.88. The van der Waals surface area contributed by atoms with E-state index in [1.807, 2.05) is 30.3 Å². The Labute approximate surface area is 121 Å². The van der Waals surface area contributed by atoms with Crippen molar-refractivity contribution in [3.05, 3.63) is 35.9 Å². The van der Waals surface area contributed by atoms with E-state index in [0.717, 1.165) is 5.56 Å². The molecule has 1 atom stereocenters. The number of carbonyl (C=O) groups excluding carboxylic acids is 2. The molecule has 1 aromatic carbocycles. The molecule has 1 aromatic rings. The van der Waals surface area contributed by atoms with Crippen LogP contribution in [0.15, 0.2) is 30.3 Å². The number of carbonyl (C=O) groups is 2. The van der Waals surface area contributed by atoms with Gasteiger partial charge in [0.15, 0.2) is 0 Å². The second-order valence-electron chi connectivity index (χ2n) is 5.21. The van der Waals surface area contributed by atoms with Gasteiger partial charge in [0.25, 0.3) is 0 Å². The van der Waals surface area contributed by atoms with Crippen molar-refractivity contribution >= 4 is 26.8 Å². The second-order valence-corrected chi connectivity index (χ2v) is 6.05. The summed E-state index contributed by atoms with van der Waals surface area (Å²) in [6.07, 6.45) is -0.150. The number of amides is 1. The monoisotopic (exact) mass is 328 g/mol. The number of rotatable bonds is 4. The van der Waals surface area contributed by atoms with Gasteiger partial charge < -0.3 is 0 Å². The van der Waals surface area contributed by atoms with E-state index in [1.54, 1.807) is 20.8 Å². The van der Waals surface area contributed by atoms with Crippen molar-refractivity contribution in [3.8, 4) is 0 Å². The van der Waals surface area contributed by atoms with Gasteiger partial charge >= 0.3 is 121 Å². The summed E-state index contributed by atoms with van der Waals surface area (Å²) >= 11 is 2.42. The second kappa shape index (κ2) is 6.73. The molecule has 1 rings (SSSR count). The minimum absolute atomic E-state index is 0.213. The molecule has 5 heteroatoms. The maximum atomic E-state index is 11.7. The van der Waals surface area contributed by atoms with Gasteiger partial charge in [-0.1, -0.05) is 0 Å². The van der Waals surface area contributed by atoms with Gasteiger partial charge in [0, 0.05) is 0 Å². The Morgan fingerprint density at radius 3 is 2.32 bits per heavy atom. The molecule has 103 valence electrons. The van der Waals surface area contributed by atoms with Crippen LogP contribution in [0, 0.1) is 0 Å². The fourth-order valence-corrected chi connectivity index (χ4v) is 1.79. The van der Waals surface area contributed by atoms with Crippen LogP contribution in [0.1, 0.15) is 26.3 Å². The molecule has 0 aliphatic heterocycles. The van der Waals surface area contributed by atoms with Crippen LogP contribution in [-0.4, -0.2) is 38.4 Å². The van der Waals surface area contributed by atoms with Crippen LogP contribution >= 0.6 is 0 Å². The Kier molecular flexibility index (Phi) is 5.58. The van der Waals surface area contributed by atoms with E-state index in [4.69, 9.17) is 4.74 Å². The number of hydrogen-bond donors (Lipinski definition) is 1. The molecule has 0 unspecified atom stereocenters. The topological polar surface area (TPSA) is 55.4 Å². The summed E-state index contributed by atoms with van der Waals surface area (Å²) in [7, 11) is 0. The Balaban J connectivity index is 2.64. The molecule has 0 heterocycles. The molecule has 1 N–H and O–H groups in total. The summed E-state index contributed by atoms with van der Waals surface area (Å²) in [4.78, 5) is 23.2. The molecule has 0 saturated heterocycles. The summed E-state index contributed by atoms with van der Waals surface area (Å²) in [5.41, 5.74) is 0.397. The van der Waals surface area contributed by atoms with Crippen molar-refractivity contribution < 1.29 is 14.3 Å². The van der Waals surface area contributed by atoms with E-state index in [9.17, 15) is 9.59 Å². The third kappa shape index (κ3) is 6.41.